The van der Waals surface area contributed by atoms with Crippen molar-refractivity contribution >= 4 is 5.91 Å². The zero-order valence-electron chi connectivity index (χ0n) is 13.1. The van der Waals surface area contributed by atoms with E-state index in [1.807, 2.05) is 12.1 Å². The Labute approximate surface area is 131 Å². The first kappa shape index (κ1) is 16.7. The molecule has 1 aromatic rings. The molecule has 2 rings (SSSR count). The van der Waals surface area contributed by atoms with Gasteiger partial charge >= 0.3 is 0 Å². The summed E-state index contributed by atoms with van der Waals surface area (Å²) in [6.45, 7) is 3.89. The zero-order chi connectivity index (χ0) is 15.8. The van der Waals surface area contributed by atoms with Crippen LogP contribution in [0.5, 0.6) is 5.75 Å². The minimum Gasteiger partial charge on any atom is -0.491 e. The Morgan fingerprint density at radius 3 is 2.55 bits per heavy atom. The zero-order valence-corrected chi connectivity index (χ0v) is 13.1. The molecule has 0 unspecified atom stereocenters. The van der Waals surface area contributed by atoms with Gasteiger partial charge in [0.15, 0.2) is 0 Å². The summed E-state index contributed by atoms with van der Waals surface area (Å²) in [5.41, 5.74) is 3.50. The second-order valence-corrected chi connectivity index (χ2v) is 5.54. The van der Waals surface area contributed by atoms with Crippen LogP contribution in [0, 0.1) is 5.92 Å². The molecule has 0 aliphatic carbocycles. The fourth-order valence-electron chi connectivity index (χ4n) is 2.66. The molecule has 1 aromatic carbocycles. The third kappa shape index (κ3) is 4.98. The largest absolute Gasteiger partial charge is 0.491 e. The number of rotatable bonds is 7. The lowest BCUT2D eigenvalue weighted by Crippen LogP contribution is -2.42. The summed E-state index contributed by atoms with van der Waals surface area (Å²) in [5.74, 6) is 6.06. The molecule has 122 valence electrons. The lowest BCUT2D eigenvalue weighted by atomic mass is 9.96. The highest BCUT2D eigenvalue weighted by molar-refractivity contribution is 5.78. The summed E-state index contributed by atoms with van der Waals surface area (Å²) in [5, 5.41) is 0. The van der Waals surface area contributed by atoms with Crippen LogP contribution in [0.1, 0.15) is 18.4 Å². The van der Waals surface area contributed by atoms with Gasteiger partial charge in [0, 0.05) is 19.6 Å². The maximum Gasteiger partial charge on any atom is 0.237 e. The number of likely N-dealkylation sites (tertiary alicyclic amines) is 1. The standard InChI is InChI=1S/C16H25N3O3/c1-21-10-11-22-15-4-2-13(3-5-15)12-19-8-6-14(7-9-19)16(20)18-17/h2-5,14H,6-12,17H2,1H3,(H,18,20). The first-order chi connectivity index (χ1) is 10.7. The van der Waals surface area contributed by atoms with Crippen molar-refractivity contribution < 1.29 is 14.3 Å². The molecule has 6 nitrogen and oxygen atoms in total. The number of nitrogens with one attached hydrogen (secondary N) is 1. The number of ether oxygens (including phenoxy) is 2. The monoisotopic (exact) mass is 307 g/mol. The SMILES string of the molecule is COCCOc1ccc(CN2CCC(C(=O)NN)CC2)cc1. The number of benzene rings is 1. The van der Waals surface area contributed by atoms with Crippen molar-refractivity contribution in [1.82, 2.24) is 10.3 Å². The van der Waals surface area contributed by atoms with Gasteiger partial charge in [0.05, 0.1) is 6.61 Å². The first-order valence-electron chi connectivity index (χ1n) is 7.66. The van der Waals surface area contributed by atoms with Crippen LogP contribution < -0.4 is 16.0 Å². The van der Waals surface area contributed by atoms with Gasteiger partial charge < -0.3 is 9.47 Å². The topological polar surface area (TPSA) is 76.8 Å². The number of hydrogen-bond acceptors (Lipinski definition) is 5. The number of piperidine rings is 1. The normalized spacial score (nSPS) is 16.5. The molecule has 0 radical (unpaired) electrons. The van der Waals surface area contributed by atoms with Crippen LogP contribution in [0.15, 0.2) is 24.3 Å². The molecule has 0 aromatic heterocycles. The summed E-state index contributed by atoms with van der Waals surface area (Å²) >= 11 is 0. The van der Waals surface area contributed by atoms with E-state index in [0.29, 0.717) is 13.2 Å². The number of carbonyl (C=O) groups is 1. The average molecular weight is 307 g/mol. The van der Waals surface area contributed by atoms with Gasteiger partial charge in [-0.3, -0.25) is 15.1 Å². The summed E-state index contributed by atoms with van der Waals surface area (Å²) in [7, 11) is 1.66. The van der Waals surface area contributed by atoms with E-state index in [1.165, 1.54) is 5.56 Å². The second kappa shape index (κ2) is 8.73. The van der Waals surface area contributed by atoms with Crippen molar-refractivity contribution in [1.29, 1.82) is 0 Å². The van der Waals surface area contributed by atoms with Gasteiger partial charge in [0.1, 0.15) is 12.4 Å². The van der Waals surface area contributed by atoms with Gasteiger partial charge in [-0.15, -0.1) is 0 Å². The highest BCUT2D eigenvalue weighted by Gasteiger charge is 2.24. The summed E-state index contributed by atoms with van der Waals surface area (Å²) in [6.07, 6.45) is 1.72. The number of nitrogens with zero attached hydrogens (tertiary/aromatic N) is 1. The van der Waals surface area contributed by atoms with Gasteiger partial charge in [-0.2, -0.15) is 0 Å². The molecule has 1 fully saturated rings. The van der Waals surface area contributed by atoms with Gasteiger partial charge in [-0.1, -0.05) is 12.1 Å². The van der Waals surface area contributed by atoms with E-state index in [0.717, 1.165) is 38.2 Å². The molecule has 0 atom stereocenters. The number of hydrazine groups is 1. The van der Waals surface area contributed by atoms with E-state index < -0.39 is 0 Å². The minimum atomic E-state index is -0.0442. The number of amides is 1. The van der Waals surface area contributed by atoms with E-state index in [2.05, 4.69) is 22.5 Å². The fraction of sp³-hybridized carbons (Fsp3) is 0.562. The van der Waals surface area contributed by atoms with Crippen LogP contribution in [-0.2, 0) is 16.1 Å². The Morgan fingerprint density at radius 2 is 1.95 bits per heavy atom. The van der Waals surface area contributed by atoms with Crippen LogP contribution in [0.4, 0.5) is 0 Å². The quantitative estimate of drug-likeness (QED) is 0.339. The fourth-order valence-corrected chi connectivity index (χ4v) is 2.66. The lowest BCUT2D eigenvalue weighted by molar-refractivity contribution is -0.126. The molecule has 1 saturated heterocycles. The Kier molecular flexibility index (Phi) is 6.64. The van der Waals surface area contributed by atoms with Gasteiger partial charge in [-0.25, -0.2) is 5.84 Å². The molecular formula is C16H25N3O3. The average Bonchev–Trinajstić information content (AvgIpc) is 2.57. The maximum absolute atomic E-state index is 11.5. The molecular weight excluding hydrogens is 282 g/mol. The van der Waals surface area contributed by atoms with Crippen LogP contribution in [0.3, 0.4) is 0 Å². The predicted octanol–water partition coefficient (Wildman–Crippen LogP) is 0.914. The van der Waals surface area contributed by atoms with Crippen molar-refractivity contribution in [3.8, 4) is 5.75 Å². The van der Waals surface area contributed by atoms with E-state index in [4.69, 9.17) is 15.3 Å². The Balaban J connectivity index is 1.76. The molecule has 1 aliphatic rings. The maximum atomic E-state index is 11.5. The van der Waals surface area contributed by atoms with E-state index in [1.54, 1.807) is 7.11 Å². The van der Waals surface area contributed by atoms with Crippen molar-refractivity contribution in [3.05, 3.63) is 29.8 Å². The summed E-state index contributed by atoms with van der Waals surface area (Å²) < 4.78 is 10.5. The molecule has 22 heavy (non-hydrogen) atoms. The van der Waals surface area contributed by atoms with Crippen LogP contribution in [-0.4, -0.2) is 44.2 Å². The molecule has 0 spiro atoms. The number of carbonyl (C=O) groups excluding carboxylic acids is 1. The van der Waals surface area contributed by atoms with Crippen LogP contribution in [0.2, 0.25) is 0 Å². The molecule has 0 bridgehead atoms. The Hall–Kier alpha value is -1.63. The molecule has 6 heteroatoms. The van der Waals surface area contributed by atoms with Crippen molar-refractivity contribution in [2.45, 2.75) is 19.4 Å². The van der Waals surface area contributed by atoms with Gasteiger partial charge in [-0.05, 0) is 43.6 Å². The predicted molar refractivity (Wildman–Crippen MR) is 84.1 cm³/mol. The van der Waals surface area contributed by atoms with Crippen molar-refractivity contribution in [2.24, 2.45) is 11.8 Å². The number of nitrogens with two attached hydrogens (primary N) is 1. The second-order valence-electron chi connectivity index (χ2n) is 5.54. The number of methoxy groups -OCH3 is 1. The Bertz CT molecular complexity index is 456. The van der Waals surface area contributed by atoms with Crippen LogP contribution >= 0.6 is 0 Å². The highest BCUT2D eigenvalue weighted by atomic mass is 16.5. The first-order valence-corrected chi connectivity index (χ1v) is 7.66. The molecule has 1 aliphatic heterocycles. The molecule has 3 N–H and O–H groups in total. The van der Waals surface area contributed by atoms with E-state index >= 15 is 0 Å². The van der Waals surface area contributed by atoms with Gasteiger partial charge in [0.25, 0.3) is 0 Å². The lowest BCUT2D eigenvalue weighted by Gasteiger charge is -2.30. The molecule has 0 saturated carbocycles. The number of hydrogen-bond donors (Lipinski definition) is 2. The Morgan fingerprint density at radius 1 is 1.27 bits per heavy atom. The summed E-state index contributed by atoms with van der Waals surface area (Å²) in [6, 6.07) is 8.14. The van der Waals surface area contributed by atoms with Crippen molar-refractivity contribution in [2.75, 3.05) is 33.4 Å². The molecule has 1 amide bonds. The third-order valence-corrected chi connectivity index (χ3v) is 3.99. The third-order valence-electron chi connectivity index (χ3n) is 3.99. The van der Waals surface area contributed by atoms with Gasteiger partial charge in [0.2, 0.25) is 5.91 Å². The van der Waals surface area contributed by atoms with E-state index in [-0.39, 0.29) is 11.8 Å². The summed E-state index contributed by atoms with van der Waals surface area (Å²) in [4.78, 5) is 13.9. The minimum absolute atomic E-state index is 0.0442. The van der Waals surface area contributed by atoms with Crippen LogP contribution in [0.25, 0.3) is 0 Å². The smallest absolute Gasteiger partial charge is 0.237 e. The van der Waals surface area contributed by atoms with E-state index in [9.17, 15) is 4.79 Å². The highest BCUT2D eigenvalue weighted by Crippen LogP contribution is 2.20. The van der Waals surface area contributed by atoms with Crippen molar-refractivity contribution in [3.63, 3.8) is 0 Å². The molecule has 1 heterocycles.